The lowest BCUT2D eigenvalue weighted by atomic mass is 9.97. The molecule has 5 heteroatoms. The van der Waals surface area contributed by atoms with E-state index in [4.69, 9.17) is 5.84 Å². The van der Waals surface area contributed by atoms with Crippen LogP contribution in [0.1, 0.15) is 54.9 Å². The Morgan fingerprint density at radius 1 is 1.33 bits per heavy atom. The molecule has 1 unspecified atom stereocenters. The van der Waals surface area contributed by atoms with E-state index in [1.54, 1.807) is 0 Å². The van der Waals surface area contributed by atoms with Crippen LogP contribution >= 0.6 is 11.5 Å². The van der Waals surface area contributed by atoms with Crippen LogP contribution in [0, 0.1) is 5.92 Å². The predicted octanol–water partition coefficient (Wildman–Crippen LogP) is 3.24. The number of hydrogen-bond acceptors (Lipinski definition) is 5. The Morgan fingerprint density at radius 2 is 2.14 bits per heavy atom. The maximum Gasteiger partial charge on any atom is 0.0837 e. The highest BCUT2D eigenvalue weighted by Gasteiger charge is 2.20. The summed E-state index contributed by atoms with van der Waals surface area (Å²) < 4.78 is 4.10. The van der Waals surface area contributed by atoms with E-state index < -0.39 is 0 Å². The third-order valence-corrected chi connectivity index (χ3v) is 4.26. The summed E-state index contributed by atoms with van der Waals surface area (Å²) in [4.78, 5) is 1.13. The zero-order valence-electron chi connectivity index (χ0n) is 13.0. The molecule has 0 spiro atoms. The molecule has 1 aromatic carbocycles. The minimum atomic E-state index is -0.0290. The molecule has 1 atom stereocenters. The zero-order chi connectivity index (χ0) is 15.2. The summed E-state index contributed by atoms with van der Waals surface area (Å²) in [5.74, 6) is 6.46. The Kier molecular flexibility index (Phi) is 5.85. The van der Waals surface area contributed by atoms with Crippen molar-refractivity contribution in [2.45, 2.75) is 46.1 Å². The molecule has 21 heavy (non-hydrogen) atoms. The summed E-state index contributed by atoms with van der Waals surface area (Å²) in [6, 6.07) is 8.60. The van der Waals surface area contributed by atoms with Crippen LogP contribution in [0.25, 0.3) is 0 Å². The Balaban J connectivity index is 2.30. The molecule has 2 rings (SSSR count). The van der Waals surface area contributed by atoms with Gasteiger partial charge in [-0.1, -0.05) is 55.9 Å². The predicted molar refractivity (Wildman–Crippen MR) is 88.1 cm³/mol. The normalized spacial score (nSPS) is 12.8. The summed E-state index contributed by atoms with van der Waals surface area (Å²) in [6.45, 7) is 6.62. The van der Waals surface area contributed by atoms with Crippen molar-refractivity contribution in [3.05, 3.63) is 46.0 Å². The first-order chi connectivity index (χ1) is 10.2. The maximum atomic E-state index is 5.81. The number of benzene rings is 1. The van der Waals surface area contributed by atoms with Crippen LogP contribution in [0.15, 0.2) is 24.3 Å². The fraction of sp³-hybridized carbons (Fsp3) is 0.500. The van der Waals surface area contributed by atoms with Crippen molar-refractivity contribution in [3.8, 4) is 0 Å². The van der Waals surface area contributed by atoms with Gasteiger partial charge in [0.05, 0.1) is 16.6 Å². The van der Waals surface area contributed by atoms with Crippen molar-refractivity contribution in [3.63, 3.8) is 0 Å². The lowest BCUT2D eigenvalue weighted by Gasteiger charge is -2.17. The number of hydrazine groups is 1. The molecule has 1 aromatic heterocycles. The Morgan fingerprint density at radius 3 is 2.81 bits per heavy atom. The van der Waals surface area contributed by atoms with E-state index in [0.717, 1.165) is 29.8 Å². The average molecular weight is 304 g/mol. The van der Waals surface area contributed by atoms with Crippen molar-refractivity contribution in [1.29, 1.82) is 0 Å². The van der Waals surface area contributed by atoms with E-state index in [0.29, 0.717) is 5.92 Å². The minimum absolute atomic E-state index is 0.0290. The van der Waals surface area contributed by atoms with Gasteiger partial charge in [-0.2, -0.15) is 0 Å². The van der Waals surface area contributed by atoms with Crippen LogP contribution in [0.4, 0.5) is 0 Å². The number of nitrogens with zero attached hydrogens (tertiary/aromatic N) is 2. The van der Waals surface area contributed by atoms with Crippen LogP contribution < -0.4 is 11.3 Å². The summed E-state index contributed by atoms with van der Waals surface area (Å²) in [7, 11) is 0. The van der Waals surface area contributed by atoms with Gasteiger partial charge in [-0.25, -0.2) is 5.43 Å². The molecule has 0 radical (unpaired) electrons. The number of rotatable bonds is 7. The number of nitrogens with one attached hydrogen (secondary N) is 1. The fourth-order valence-corrected chi connectivity index (χ4v) is 3.32. The van der Waals surface area contributed by atoms with Gasteiger partial charge in [0.1, 0.15) is 0 Å². The third kappa shape index (κ3) is 4.09. The standard InChI is InChI=1S/C16H24N4S/c1-4-6-14-16(21-20-19-14)15(18-17)13-8-5-7-12(10-13)9-11(2)3/h5,7-8,10-11,15,18H,4,6,9,17H2,1-3H3. The quantitative estimate of drug-likeness (QED) is 0.609. The van der Waals surface area contributed by atoms with E-state index in [9.17, 15) is 0 Å². The van der Waals surface area contributed by atoms with Gasteiger partial charge in [0.25, 0.3) is 0 Å². The largest absolute Gasteiger partial charge is 0.271 e. The van der Waals surface area contributed by atoms with Gasteiger partial charge in [0.2, 0.25) is 0 Å². The van der Waals surface area contributed by atoms with Gasteiger partial charge in [-0.05, 0) is 41.4 Å². The molecule has 0 aliphatic carbocycles. The van der Waals surface area contributed by atoms with Crippen molar-refractivity contribution in [2.75, 3.05) is 0 Å². The second-order valence-electron chi connectivity index (χ2n) is 5.78. The first-order valence-corrected chi connectivity index (χ1v) is 8.29. The third-order valence-electron chi connectivity index (χ3n) is 3.43. The molecule has 3 N–H and O–H groups in total. The monoisotopic (exact) mass is 304 g/mol. The minimum Gasteiger partial charge on any atom is -0.271 e. The number of nitrogens with two attached hydrogens (primary N) is 1. The molecule has 0 amide bonds. The second kappa shape index (κ2) is 7.64. The highest BCUT2D eigenvalue weighted by molar-refractivity contribution is 7.05. The lowest BCUT2D eigenvalue weighted by Crippen LogP contribution is -2.29. The fourth-order valence-electron chi connectivity index (χ4n) is 2.54. The molecule has 0 aliphatic rings. The molecule has 2 aromatic rings. The van der Waals surface area contributed by atoms with Gasteiger partial charge < -0.3 is 0 Å². The first kappa shape index (κ1) is 16.1. The van der Waals surface area contributed by atoms with Crippen LogP contribution in [0.2, 0.25) is 0 Å². The molecular formula is C16H24N4S. The van der Waals surface area contributed by atoms with E-state index in [1.165, 1.54) is 22.7 Å². The smallest absolute Gasteiger partial charge is 0.0837 e. The summed E-state index contributed by atoms with van der Waals surface area (Å²) in [6.07, 6.45) is 3.08. The van der Waals surface area contributed by atoms with Gasteiger partial charge >= 0.3 is 0 Å². The molecule has 0 bridgehead atoms. The maximum absolute atomic E-state index is 5.81. The molecule has 1 heterocycles. The van der Waals surface area contributed by atoms with Crippen LogP contribution in [-0.2, 0) is 12.8 Å². The molecule has 0 saturated heterocycles. The van der Waals surface area contributed by atoms with Gasteiger partial charge in [-0.3, -0.25) is 5.84 Å². The summed E-state index contributed by atoms with van der Waals surface area (Å²) in [5, 5.41) is 4.24. The molecule has 4 nitrogen and oxygen atoms in total. The van der Waals surface area contributed by atoms with Gasteiger partial charge in [0, 0.05) is 0 Å². The van der Waals surface area contributed by atoms with Crippen molar-refractivity contribution in [2.24, 2.45) is 11.8 Å². The Hall–Kier alpha value is -1.30. The summed E-state index contributed by atoms with van der Waals surface area (Å²) in [5.41, 5.74) is 6.51. The van der Waals surface area contributed by atoms with E-state index >= 15 is 0 Å². The number of aryl methyl sites for hydroxylation is 1. The summed E-state index contributed by atoms with van der Waals surface area (Å²) >= 11 is 1.43. The topological polar surface area (TPSA) is 63.8 Å². The van der Waals surface area contributed by atoms with E-state index in [2.05, 4.69) is 60.0 Å². The Labute approximate surface area is 130 Å². The Bertz CT molecular complexity index is 565. The highest BCUT2D eigenvalue weighted by atomic mass is 32.1. The zero-order valence-corrected chi connectivity index (χ0v) is 13.8. The molecule has 0 saturated carbocycles. The van der Waals surface area contributed by atoms with Gasteiger partial charge in [-0.15, -0.1) is 5.10 Å². The van der Waals surface area contributed by atoms with Gasteiger partial charge in [0.15, 0.2) is 0 Å². The van der Waals surface area contributed by atoms with Crippen LogP contribution in [0.5, 0.6) is 0 Å². The second-order valence-corrected chi connectivity index (χ2v) is 6.56. The van der Waals surface area contributed by atoms with Crippen molar-refractivity contribution < 1.29 is 0 Å². The average Bonchev–Trinajstić information content (AvgIpc) is 2.88. The van der Waals surface area contributed by atoms with E-state index in [-0.39, 0.29) is 6.04 Å². The molecule has 0 fully saturated rings. The van der Waals surface area contributed by atoms with Crippen LogP contribution in [-0.4, -0.2) is 9.59 Å². The number of hydrogen-bond donors (Lipinski definition) is 2. The lowest BCUT2D eigenvalue weighted by molar-refractivity contribution is 0.628. The number of aromatic nitrogens is 2. The van der Waals surface area contributed by atoms with Crippen LogP contribution in [0.3, 0.4) is 0 Å². The van der Waals surface area contributed by atoms with Crippen molar-refractivity contribution in [1.82, 2.24) is 15.0 Å². The SMILES string of the molecule is CCCc1nnsc1C(NN)c1cccc(CC(C)C)c1. The first-order valence-electron chi connectivity index (χ1n) is 7.51. The van der Waals surface area contributed by atoms with Crippen molar-refractivity contribution >= 4 is 11.5 Å². The molecule has 0 aliphatic heterocycles. The molecular weight excluding hydrogens is 280 g/mol. The highest BCUT2D eigenvalue weighted by Crippen LogP contribution is 2.28. The van der Waals surface area contributed by atoms with E-state index in [1.807, 2.05) is 0 Å². The molecule has 114 valence electrons.